The second-order valence-corrected chi connectivity index (χ2v) is 6.52. The van der Waals surface area contributed by atoms with Crippen molar-refractivity contribution in [1.82, 2.24) is 0 Å². The van der Waals surface area contributed by atoms with Crippen molar-refractivity contribution >= 4 is 21.4 Å². The topological polar surface area (TPSA) is 72.2 Å². The summed E-state index contributed by atoms with van der Waals surface area (Å²) in [4.78, 5) is 0. The molecule has 4 nitrogen and oxygen atoms in total. The Balaban J connectivity index is 2.73. The molecule has 1 rings (SSSR count). The first-order valence-corrected chi connectivity index (χ1v) is 7.32. The van der Waals surface area contributed by atoms with Gasteiger partial charge in [-0.15, -0.1) is 0 Å². The van der Waals surface area contributed by atoms with E-state index in [0.29, 0.717) is 23.7 Å². The summed E-state index contributed by atoms with van der Waals surface area (Å²) in [5, 5.41) is 0. The summed E-state index contributed by atoms with van der Waals surface area (Å²) in [5.74, 6) is 0.507. The lowest BCUT2D eigenvalue weighted by Gasteiger charge is -2.10. The van der Waals surface area contributed by atoms with Gasteiger partial charge in [-0.2, -0.15) is 0 Å². The molecular formula is C12H20N2O2S. The fraction of sp³-hybridized carbons (Fsp3) is 0.500. The number of nitrogens with one attached hydrogen (secondary N) is 1. The van der Waals surface area contributed by atoms with Crippen molar-refractivity contribution < 1.29 is 8.42 Å². The molecule has 1 aromatic rings. The molecular weight excluding hydrogens is 236 g/mol. The molecule has 5 heteroatoms. The zero-order chi connectivity index (χ0) is 13.1. The van der Waals surface area contributed by atoms with Crippen LogP contribution < -0.4 is 10.5 Å². The molecule has 0 aliphatic heterocycles. The number of aryl methyl sites for hydroxylation is 1. The predicted octanol–water partition coefficient (Wildman–Crippen LogP) is 2.37. The molecule has 3 N–H and O–H groups in total. The third-order valence-corrected chi connectivity index (χ3v) is 3.84. The van der Waals surface area contributed by atoms with Gasteiger partial charge in [0.1, 0.15) is 0 Å². The first-order chi connectivity index (χ1) is 7.80. The maximum absolute atomic E-state index is 11.7. The Morgan fingerprint density at radius 3 is 2.53 bits per heavy atom. The molecule has 0 aliphatic rings. The number of nitrogens with two attached hydrogens (primary N) is 1. The van der Waals surface area contributed by atoms with Crippen LogP contribution in [-0.4, -0.2) is 14.2 Å². The highest BCUT2D eigenvalue weighted by Crippen LogP contribution is 2.18. The summed E-state index contributed by atoms with van der Waals surface area (Å²) in [6.45, 7) is 5.88. The van der Waals surface area contributed by atoms with E-state index in [-0.39, 0.29) is 5.75 Å². The summed E-state index contributed by atoms with van der Waals surface area (Å²) in [5.41, 5.74) is 7.78. The molecule has 17 heavy (non-hydrogen) atoms. The number of anilines is 2. The highest BCUT2D eigenvalue weighted by atomic mass is 32.2. The van der Waals surface area contributed by atoms with Crippen LogP contribution >= 0.6 is 0 Å². The number of nitrogen functional groups attached to an aromatic ring is 1. The number of rotatable bonds is 5. The Hall–Kier alpha value is -1.23. The van der Waals surface area contributed by atoms with Gasteiger partial charge in [-0.3, -0.25) is 4.72 Å². The highest BCUT2D eigenvalue weighted by molar-refractivity contribution is 7.92. The van der Waals surface area contributed by atoms with Crippen LogP contribution in [0.25, 0.3) is 0 Å². The Labute approximate surface area is 103 Å². The normalized spacial score (nSPS) is 11.8. The molecule has 0 saturated carbocycles. The molecule has 0 aliphatic carbocycles. The van der Waals surface area contributed by atoms with Crippen molar-refractivity contribution in [3.05, 3.63) is 23.8 Å². The Morgan fingerprint density at radius 1 is 1.35 bits per heavy atom. The van der Waals surface area contributed by atoms with E-state index in [1.165, 1.54) is 0 Å². The van der Waals surface area contributed by atoms with Crippen LogP contribution in [0.3, 0.4) is 0 Å². The van der Waals surface area contributed by atoms with Gasteiger partial charge >= 0.3 is 0 Å². The molecule has 0 atom stereocenters. The van der Waals surface area contributed by atoms with E-state index in [2.05, 4.69) is 4.72 Å². The number of benzene rings is 1. The molecule has 0 unspecified atom stereocenters. The van der Waals surface area contributed by atoms with Crippen LogP contribution in [0.4, 0.5) is 11.4 Å². The third-order valence-electron chi connectivity index (χ3n) is 2.52. The summed E-state index contributed by atoms with van der Waals surface area (Å²) < 4.78 is 26.0. The SMILES string of the molecule is Cc1ccc(NS(=O)(=O)CCC(C)C)cc1N. The second kappa shape index (κ2) is 5.40. The highest BCUT2D eigenvalue weighted by Gasteiger charge is 2.11. The standard InChI is InChI=1S/C12H20N2O2S/c1-9(2)6-7-17(15,16)14-11-5-4-10(3)12(13)8-11/h4-5,8-9,14H,6-7,13H2,1-3H3. The number of hydrogen-bond donors (Lipinski definition) is 2. The van der Waals surface area contributed by atoms with Crippen molar-refractivity contribution in [3.63, 3.8) is 0 Å². The van der Waals surface area contributed by atoms with E-state index in [4.69, 9.17) is 5.73 Å². The molecule has 0 saturated heterocycles. The lowest BCUT2D eigenvalue weighted by molar-refractivity contribution is 0.578. The minimum Gasteiger partial charge on any atom is -0.398 e. The maximum Gasteiger partial charge on any atom is 0.232 e. The lowest BCUT2D eigenvalue weighted by atomic mass is 10.2. The minimum absolute atomic E-state index is 0.137. The van der Waals surface area contributed by atoms with Crippen molar-refractivity contribution in [2.75, 3.05) is 16.2 Å². The minimum atomic E-state index is -3.26. The first-order valence-electron chi connectivity index (χ1n) is 5.67. The van der Waals surface area contributed by atoms with E-state index in [0.717, 1.165) is 5.56 Å². The number of hydrogen-bond acceptors (Lipinski definition) is 3. The molecule has 0 radical (unpaired) electrons. The average molecular weight is 256 g/mol. The van der Waals surface area contributed by atoms with Gasteiger partial charge in [-0.05, 0) is 37.0 Å². The fourth-order valence-electron chi connectivity index (χ4n) is 1.33. The first kappa shape index (κ1) is 13.8. The maximum atomic E-state index is 11.7. The third kappa shape index (κ3) is 4.65. The Kier molecular flexibility index (Phi) is 4.40. The van der Waals surface area contributed by atoms with Crippen LogP contribution in [0, 0.1) is 12.8 Å². The van der Waals surface area contributed by atoms with Crippen molar-refractivity contribution in [1.29, 1.82) is 0 Å². The van der Waals surface area contributed by atoms with E-state index in [1.807, 2.05) is 20.8 Å². The van der Waals surface area contributed by atoms with Crippen LogP contribution in [0.1, 0.15) is 25.8 Å². The van der Waals surface area contributed by atoms with Crippen LogP contribution in [-0.2, 0) is 10.0 Å². The zero-order valence-electron chi connectivity index (χ0n) is 10.5. The molecule has 0 spiro atoms. The van der Waals surface area contributed by atoms with Crippen LogP contribution in [0.2, 0.25) is 0 Å². The van der Waals surface area contributed by atoms with Gasteiger partial charge in [0.05, 0.1) is 11.4 Å². The summed E-state index contributed by atoms with van der Waals surface area (Å²) >= 11 is 0. The number of sulfonamides is 1. The smallest absolute Gasteiger partial charge is 0.232 e. The van der Waals surface area contributed by atoms with Crippen molar-refractivity contribution in [3.8, 4) is 0 Å². The van der Waals surface area contributed by atoms with Gasteiger partial charge < -0.3 is 5.73 Å². The van der Waals surface area contributed by atoms with Gasteiger partial charge in [0, 0.05) is 5.69 Å². The second-order valence-electron chi connectivity index (χ2n) is 4.67. The molecule has 0 aromatic heterocycles. The summed E-state index contributed by atoms with van der Waals surface area (Å²) in [6, 6.07) is 5.16. The average Bonchev–Trinajstić information content (AvgIpc) is 2.21. The molecule has 0 heterocycles. The Bertz CT molecular complexity index is 481. The van der Waals surface area contributed by atoms with Gasteiger partial charge in [0.15, 0.2) is 0 Å². The van der Waals surface area contributed by atoms with E-state index < -0.39 is 10.0 Å². The van der Waals surface area contributed by atoms with E-state index >= 15 is 0 Å². The van der Waals surface area contributed by atoms with Crippen molar-refractivity contribution in [2.45, 2.75) is 27.2 Å². The predicted molar refractivity (Wildman–Crippen MR) is 72.5 cm³/mol. The van der Waals surface area contributed by atoms with Gasteiger partial charge in [0.25, 0.3) is 0 Å². The van der Waals surface area contributed by atoms with Crippen molar-refractivity contribution in [2.24, 2.45) is 5.92 Å². The summed E-state index contributed by atoms with van der Waals surface area (Å²) in [6.07, 6.45) is 0.649. The van der Waals surface area contributed by atoms with Crippen LogP contribution in [0.5, 0.6) is 0 Å². The summed E-state index contributed by atoms with van der Waals surface area (Å²) in [7, 11) is -3.26. The molecule has 0 amide bonds. The molecule has 1 aromatic carbocycles. The fourth-order valence-corrected chi connectivity index (χ4v) is 2.70. The van der Waals surface area contributed by atoms with Gasteiger partial charge in [-0.1, -0.05) is 19.9 Å². The van der Waals surface area contributed by atoms with E-state index in [9.17, 15) is 8.42 Å². The van der Waals surface area contributed by atoms with Crippen LogP contribution in [0.15, 0.2) is 18.2 Å². The monoisotopic (exact) mass is 256 g/mol. The van der Waals surface area contributed by atoms with E-state index in [1.54, 1.807) is 18.2 Å². The molecule has 0 bridgehead atoms. The van der Waals surface area contributed by atoms with Gasteiger partial charge in [-0.25, -0.2) is 8.42 Å². The zero-order valence-corrected chi connectivity index (χ0v) is 11.3. The Morgan fingerprint density at radius 2 is 2.00 bits per heavy atom. The molecule has 0 fully saturated rings. The van der Waals surface area contributed by atoms with Gasteiger partial charge in [0.2, 0.25) is 10.0 Å². The lowest BCUT2D eigenvalue weighted by Crippen LogP contribution is -2.18. The largest absolute Gasteiger partial charge is 0.398 e. The molecule has 96 valence electrons. The quantitative estimate of drug-likeness (QED) is 0.794.